The van der Waals surface area contributed by atoms with Gasteiger partial charge in [-0.15, -0.1) is 0 Å². The molecular weight excluding hydrogens is 386 g/mol. The molecule has 31 heavy (non-hydrogen) atoms. The van der Waals surface area contributed by atoms with Crippen molar-refractivity contribution in [3.8, 4) is 34.3 Å². The van der Waals surface area contributed by atoms with Crippen molar-refractivity contribution in [3.05, 3.63) is 94.4 Å². The minimum Gasteiger partial charge on any atom is -0.301 e. The summed E-state index contributed by atoms with van der Waals surface area (Å²) in [6, 6.07) is 15.7. The fraction of sp³-hybridized carbons (Fsp3) is 0.120. The van der Waals surface area contributed by atoms with Crippen molar-refractivity contribution < 1.29 is 0 Å². The summed E-state index contributed by atoms with van der Waals surface area (Å²) >= 11 is 0. The van der Waals surface area contributed by atoms with Crippen molar-refractivity contribution in [3.63, 3.8) is 0 Å². The van der Waals surface area contributed by atoms with E-state index in [4.69, 9.17) is 5.26 Å². The topological polar surface area (TPSA) is 76.5 Å². The molecule has 4 aromatic rings. The number of aromatic nitrogens is 4. The van der Waals surface area contributed by atoms with Crippen LogP contribution in [-0.4, -0.2) is 19.1 Å². The number of pyridine rings is 2. The zero-order valence-electron chi connectivity index (χ0n) is 17.0. The first-order valence-electron chi connectivity index (χ1n) is 10.0. The molecule has 0 bridgehead atoms. The number of allylic oxidation sites excluding steroid dienone is 1. The van der Waals surface area contributed by atoms with Crippen LogP contribution in [0.3, 0.4) is 0 Å². The van der Waals surface area contributed by atoms with Gasteiger partial charge in [0.1, 0.15) is 0 Å². The molecule has 3 aromatic heterocycles. The Morgan fingerprint density at radius 1 is 1.10 bits per heavy atom. The molecule has 1 aromatic carbocycles. The van der Waals surface area contributed by atoms with E-state index in [0.717, 1.165) is 40.1 Å². The highest BCUT2D eigenvalue weighted by atomic mass is 16.1. The normalized spacial score (nSPS) is 12.0. The Balaban J connectivity index is 1.59. The highest BCUT2D eigenvalue weighted by Gasteiger charge is 2.16. The van der Waals surface area contributed by atoms with Crippen LogP contribution < -0.4 is 5.69 Å². The van der Waals surface area contributed by atoms with E-state index in [0.29, 0.717) is 17.8 Å². The van der Waals surface area contributed by atoms with Gasteiger partial charge in [0.15, 0.2) is 0 Å². The molecule has 5 rings (SSSR count). The minimum atomic E-state index is -0.153. The van der Waals surface area contributed by atoms with Crippen LogP contribution in [0.1, 0.15) is 16.8 Å². The molecule has 0 aliphatic heterocycles. The van der Waals surface area contributed by atoms with E-state index < -0.39 is 0 Å². The number of benzene rings is 1. The number of rotatable bonds is 4. The van der Waals surface area contributed by atoms with Crippen molar-refractivity contribution >= 4 is 6.08 Å². The molecule has 0 atom stereocenters. The molecule has 6 heteroatoms. The highest BCUT2D eigenvalue weighted by molar-refractivity contribution is 5.72. The standard InChI is InChI=1S/C25H19N5O/c1-29-16-24(30(25(29)31)21-7-5-17(6-8-21)9-11-26)23-14-18(10-12-27-23)20-13-19-3-2-4-22(19)28-15-20/h2-3,5-8,10,12-16H,4,9H2,1H3. The Morgan fingerprint density at radius 3 is 2.74 bits per heavy atom. The van der Waals surface area contributed by atoms with Crippen LogP contribution in [0, 0.1) is 11.3 Å². The average molecular weight is 405 g/mol. The van der Waals surface area contributed by atoms with Gasteiger partial charge in [0.05, 0.1) is 35.3 Å². The number of aryl methyl sites for hydroxylation is 1. The molecule has 3 heterocycles. The zero-order valence-corrected chi connectivity index (χ0v) is 17.0. The second kappa shape index (κ2) is 7.54. The van der Waals surface area contributed by atoms with Gasteiger partial charge in [-0.2, -0.15) is 5.26 Å². The quantitative estimate of drug-likeness (QED) is 0.515. The van der Waals surface area contributed by atoms with Gasteiger partial charge in [0, 0.05) is 37.6 Å². The van der Waals surface area contributed by atoms with Gasteiger partial charge < -0.3 is 4.57 Å². The first kappa shape index (κ1) is 18.8. The number of fused-ring (bicyclic) bond motifs is 1. The Kier molecular flexibility index (Phi) is 4.57. The van der Waals surface area contributed by atoms with E-state index in [1.165, 1.54) is 0 Å². The van der Waals surface area contributed by atoms with Gasteiger partial charge in [-0.05, 0) is 47.0 Å². The predicted molar refractivity (Wildman–Crippen MR) is 120 cm³/mol. The molecule has 1 aliphatic carbocycles. The summed E-state index contributed by atoms with van der Waals surface area (Å²) < 4.78 is 3.20. The van der Waals surface area contributed by atoms with Gasteiger partial charge in [-0.3, -0.25) is 14.5 Å². The summed E-state index contributed by atoms with van der Waals surface area (Å²) in [5.74, 6) is 0. The Hall–Kier alpha value is -4.24. The lowest BCUT2D eigenvalue weighted by atomic mass is 10.0. The number of hydrogen-bond donors (Lipinski definition) is 0. The lowest BCUT2D eigenvalue weighted by Gasteiger charge is -2.09. The maximum atomic E-state index is 12.9. The fourth-order valence-electron chi connectivity index (χ4n) is 3.87. The van der Waals surface area contributed by atoms with Gasteiger partial charge in [-0.25, -0.2) is 4.79 Å². The monoisotopic (exact) mass is 405 g/mol. The van der Waals surface area contributed by atoms with Crippen molar-refractivity contribution in [1.82, 2.24) is 19.1 Å². The third-order valence-electron chi connectivity index (χ3n) is 5.50. The lowest BCUT2D eigenvalue weighted by molar-refractivity contribution is 0.824. The predicted octanol–water partition coefficient (Wildman–Crippen LogP) is 3.94. The second-order valence-corrected chi connectivity index (χ2v) is 7.54. The van der Waals surface area contributed by atoms with E-state index in [-0.39, 0.29) is 5.69 Å². The number of nitrogens with zero attached hydrogens (tertiary/aromatic N) is 5. The summed E-state index contributed by atoms with van der Waals surface area (Å²) in [7, 11) is 1.73. The summed E-state index contributed by atoms with van der Waals surface area (Å²) in [4.78, 5) is 22.0. The fourth-order valence-corrected chi connectivity index (χ4v) is 3.87. The van der Waals surface area contributed by atoms with Crippen LogP contribution in [0.2, 0.25) is 0 Å². The van der Waals surface area contributed by atoms with Crippen molar-refractivity contribution in [1.29, 1.82) is 5.26 Å². The Labute approximate surface area is 179 Å². The van der Waals surface area contributed by atoms with Crippen LogP contribution in [0.15, 0.2) is 71.9 Å². The van der Waals surface area contributed by atoms with Crippen LogP contribution in [0.4, 0.5) is 0 Å². The molecule has 1 aliphatic rings. The van der Waals surface area contributed by atoms with E-state index >= 15 is 0 Å². The highest BCUT2D eigenvalue weighted by Crippen LogP contribution is 2.28. The van der Waals surface area contributed by atoms with E-state index in [1.54, 1.807) is 28.6 Å². The van der Waals surface area contributed by atoms with E-state index in [2.05, 4.69) is 34.3 Å². The molecule has 0 unspecified atom stereocenters. The molecule has 6 nitrogen and oxygen atoms in total. The molecule has 0 fully saturated rings. The molecule has 0 saturated carbocycles. The smallest absolute Gasteiger partial charge is 0.301 e. The third kappa shape index (κ3) is 3.36. The summed E-state index contributed by atoms with van der Waals surface area (Å²) in [5.41, 5.74) is 7.14. The summed E-state index contributed by atoms with van der Waals surface area (Å²) in [5, 5.41) is 8.89. The number of imidazole rings is 1. The molecule has 0 saturated heterocycles. The number of hydrogen-bond acceptors (Lipinski definition) is 4. The molecule has 0 amide bonds. The largest absolute Gasteiger partial charge is 0.333 e. The van der Waals surface area contributed by atoms with Crippen molar-refractivity contribution in [2.75, 3.05) is 0 Å². The average Bonchev–Trinajstić information content (AvgIpc) is 3.39. The van der Waals surface area contributed by atoms with Gasteiger partial charge in [0.25, 0.3) is 0 Å². The van der Waals surface area contributed by atoms with Crippen molar-refractivity contribution in [2.24, 2.45) is 7.05 Å². The van der Waals surface area contributed by atoms with E-state index in [1.807, 2.05) is 42.6 Å². The zero-order chi connectivity index (χ0) is 21.4. The first-order chi connectivity index (χ1) is 15.1. The lowest BCUT2D eigenvalue weighted by Crippen LogP contribution is -2.21. The van der Waals surface area contributed by atoms with E-state index in [9.17, 15) is 4.79 Å². The second-order valence-electron chi connectivity index (χ2n) is 7.54. The molecule has 150 valence electrons. The molecular formula is C25H19N5O. The summed E-state index contributed by atoms with van der Waals surface area (Å²) in [6.45, 7) is 0. The maximum Gasteiger partial charge on any atom is 0.333 e. The van der Waals surface area contributed by atoms with Crippen LogP contribution in [0.5, 0.6) is 0 Å². The van der Waals surface area contributed by atoms with Gasteiger partial charge >= 0.3 is 5.69 Å². The number of nitriles is 1. The third-order valence-corrected chi connectivity index (χ3v) is 5.50. The molecule has 0 N–H and O–H groups in total. The Morgan fingerprint density at radius 2 is 1.94 bits per heavy atom. The van der Waals surface area contributed by atoms with Gasteiger partial charge in [-0.1, -0.05) is 24.3 Å². The summed E-state index contributed by atoms with van der Waals surface area (Å²) in [6.07, 6.45) is 10.9. The van der Waals surface area contributed by atoms with Crippen LogP contribution >= 0.6 is 0 Å². The first-order valence-corrected chi connectivity index (χ1v) is 10.0. The minimum absolute atomic E-state index is 0.153. The Bertz CT molecular complexity index is 1420. The SMILES string of the molecule is Cn1cc(-c2cc(-c3cnc4c(c3)C=CC4)ccn2)n(-c2ccc(CC#N)cc2)c1=O. The molecule has 0 radical (unpaired) electrons. The van der Waals surface area contributed by atoms with Crippen LogP contribution in [0.25, 0.3) is 34.3 Å². The van der Waals surface area contributed by atoms with Gasteiger partial charge in [0.2, 0.25) is 0 Å². The van der Waals surface area contributed by atoms with Crippen molar-refractivity contribution in [2.45, 2.75) is 12.8 Å². The maximum absolute atomic E-state index is 12.9. The molecule has 0 spiro atoms. The van der Waals surface area contributed by atoms with Crippen LogP contribution in [-0.2, 0) is 19.9 Å².